The number of ether oxygens (including phenoxy) is 2. The largest absolute Gasteiger partial charge is 0.497 e. The fourth-order valence-electron chi connectivity index (χ4n) is 4.00. The molecule has 1 amide bonds. The fourth-order valence-corrected chi connectivity index (χ4v) is 5.03. The molecule has 158 valence electrons. The second-order valence-corrected chi connectivity index (χ2v) is 8.72. The molecule has 0 spiro atoms. The third-order valence-corrected chi connectivity index (χ3v) is 6.78. The lowest BCUT2D eigenvalue weighted by molar-refractivity contribution is -0.125. The van der Waals surface area contributed by atoms with Crippen molar-refractivity contribution in [2.45, 2.75) is 19.3 Å². The van der Waals surface area contributed by atoms with Crippen LogP contribution in [0.1, 0.15) is 19.3 Å². The van der Waals surface area contributed by atoms with Crippen molar-refractivity contribution < 1.29 is 14.3 Å². The monoisotopic (exact) mass is 418 g/mol. The molecule has 2 fully saturated rings. The van der Waals surface area contributed by atoms with E-state index in [9.17, 15) is 4.79 Å². The Morgan fingerprint density at radius 1 is 1.34 bits per heavy atom. The molecule has 2 saturated heterocycles. The third kappa shape index (κ3) is 5.18. The molecule has 0 saturated carbocycles. The van der Waals surface area contributed by atoms with E-state index in [1.165, 1.54) is 0 Å². The Kier molecular flexibility index (Phi) is 6.84. The number of anilines is 1. The number of thiazole rings is 1. The van der Waals surface area contributed by atoms with E-state index in [-0.39, 0.29) is 11.8 Å². The van der Waals surface area contributed by atoms with Crippen molar-refractivity contribution >= 4 is 32.6 Å². The van der Waals surface area contributed by atoms with Gasteiger partial charge >= 0.3 is 0 Å². The van der Waals surface area contributed by atoms with Gasteiger partial charge in [-0.25, -0.2) is 4.98 Å². The number of benzene rings is 1. The van der Waals surface area contributed by atoms with Gasteiger partial charge in [-0.3, -0.25) is 9.69 Å². The summed E-state index contributed by atoms with van der Waals surface area (Å²) in [4.78, 5) is 22.1. The summed E-state index contributed by atoms with van der Waals surface area (Å²) in [7, 11) is 1.68. The predicted octanol–water partition coefficient (Wildman–Crippen LogP) is 2.36. The van der Waals surface area contributed by atoms with Crippen LogP contribution in [0.4, 0.5) is 5.13 Å². The molecule has 1 aromatic heterocycles. The van der Waals surface area contributed by atoms with Crippen LogP contribution in [0.3, 0.4) is 0 Å². The molecular formula is C21H30N4O3S. The molecule has 2 aromatic rings. The number of carbonyl (C=O) groups is 1. The van der Waals surface area contributed by atoms with Gasteiger partial charge in [0.25, 0.3) is 0 Å². The van der Waals surface area contributed by atoms with Crippen LogP contribution in [0.25, 0.3) is 10.2 Å². The normalized spacial score (nSPS) is 20.7. The molecule has 4 rings (SSSR count). The molecule has 2 aliphatic heterocycles. The van der Waals surface area contributed by atoms with Gasteiger partial charge in [-0.2, -0.15) is 0 Å². The van der Waals surface area contributed by atoms with Gasteiger partial charge in [0, 0.05) is 32.7 Å². The number of hydrogen-bond acceptors (Lipinski definition) is 7. The molecule has 29 heavy (non-hydrogen) atoms. The van der Waals surface area contributed by atoms with Gasteiger partial charge in [0.1, 0.15) is 5.75 Å². The van der Waals surface area contributed by atoms with Crippen LogP contribution in [0.2, 0.25) is 0 Å². The summed E-state index contributed by atoms with van der Waals surface area (Å²) in [6.07, 6.45) is 2.96. The lowest BCUT2D eigenvalue weighted by atomic mass is 9.97. The number of rotatable bonds is 7. The van der Waals surface area contributed by atoms with Gasteiger partial charge in [-0.1, -0.05) is 11.3 Å². The van der Waals surface area contributed by atoms with E-state index < -0.39 is 0 Å². The van der Waals surface area contributed by atoms with Gasteiger partial charge < -0.3 is 19.7 Å². The smallest absolute Gasteiger partial charge is 0.224 e. The topological polar surface area (TPSA) is 66.9 Å². The number of carbonyl (C=O) groups excluding carboxylic acids is 1. The minimum atomic E-state index is 0.0358. The summed E-state index contributed by atoms with van der Waals surface area (Å²) in [6.45, 7) is 7.11. The van der Waals surface area contributed by atoms with Crippen molar-refractivity contribution in [2.24, 2.45) is 5.92 Å². The summed E-state index contributed by atoms with van der Waals surface area (Å²) in [5, 5.41) is 4.15. The Bertz CT molecular complexity index is 821. The molecule has 3 heterocycles. The van der Waals surface area contributed by atoms with E-state index >= 15 is 0 Å². The maximum absolute atomic E-state index is 12.7. The third-order valence-electron chi connectivity index (χ3n) is 5.70. The Hall–Kier alpha value is -1.90. The predicted molar refractivity (Wildman–Crippen MR) is 116 cm³/mol. The molecule has 7 nitrogen and oxygen atoms in total. The van der Waals surface area contributed by atoms with E-state index in [0.29, 0.717) is 0 Å². The van der Waals surface area contributed by atoms with Crippen LogP contribution in [0, 0.1) is 5.92 Å². The zero-order valence-corrected chi connectivity index (χ0v) is 17.9. The van der Waals surface area contributed by atoms with Crippen LogP contribution < -0.4 is 15.0 Å². The van der Waals surface area contributed by atoms with E-state index in [0.717, 1.165) is 92.8 Å². The minimum absolute atomic E-state index is 0.0358. The number of nitrogens with zero attached hydrogens (tertiary/aromatic N) is 3. The molecule has 1 atom stereocenters. The van der Waals surface area contributed by atoms with Crippen molar-refractivity contribution in [3.05, 3.63) is 18.2 Å². The lowest BCUT2D eigenvalue weighted by Gasteiger charge is -2.32. The summed E-state index contributed by atoms with van der Waals surface area (Å²) < 4.78 is 11.8. The first-order valence-electron chi connectivity index (χ1n) is 10.5. The Balaban J connectivity index is 1.28. The van der Waals surface area contributed by atoms with Gasteiger partial charge in [0.2, 0.25) is 5.91 Å². The number of piperidine rings is 1. The van der Waals surface area contributed by atoms with Gasteiger partial charge in [-0.05, 0) is 44.0 Å². The highest BCUT2D eigenvalue weighted by Crippen LogP contribution is 2.33. The Morgan fingerprint density at radius 3 is 3.03 bits per heavy atom. The lowest BCUT2D eigenvalue weighted by Crippen LogP contribution is -2.44. The number of amides is 1. The average molecular weight is 419 g/mol. The summed E-state index contributed by atoms with van der Waals surface area (Å²) in [5.41, 5.74) is 0.987. The van der Waals surface area contributed by atoms with E-state index in [1.54, 1.807) is 18.4 Å². The maximum atomic E-state index is 12.7. The molecule has 1 aromatic carbocycles. The summed E-state index contributed by atoms with van der Waals surface area (Å²) in [6, 6.07) is 5.96. The Morgan fingerprint density at radius 2 is 2.21 bits per heavy atom. The molecule has 1 N–H and O–H groups in total. The first kappa shape index (κ1) is 20.4. The number of methoxy groups -OCH3 is 1. The van der Waals surface area contributed by atoms with Crippen LogP contribution in [0.5, 0.6) is 5.75 Å². The van der Waals surface area contributed by atoms with Crippen LogP contribution in [-0.2, 0) is 9.53 Å². The van der Waals surface area contributed by atoms with E-state index in [4.69, 9.17) is 14.5 Å². The quantitative estimate of drug-likeness (QED) is 0.697. The number of fused-ring (bicyclic) bond motifs is 1. The SMILES string of the molecule is COc1ccc2nc(N3CCCC(C(=O)NCCCN4CCOCC4)C3)sc2c1. The molecular weight excluding hydrogens is 388 g/mol. The van der Waals surface area contributed by atoms with Crippen molar-refractivity contribution in [3.63, 3.8) is 0 Å². The zero-order valence-electron chi connectivity index (χ0n) is 17.1. The Labute approximate surface area is 176 Å². The second-order valence-electron chi connectivity index (χ2n) is 7.71. The van der Waals surface area contributed by atoms with Crippen LogP contribution >= 0.6 is 11.3 Å². The maximum Gasteiger partial charge on any atom is 0.224 e. The van der Waals surface area contributed by atoms with Gasteiger partial charge in [-0.15, -0.1) is 0 Å². The highest BCUT2D eigenvalue weighted by molar-refractivity contribution is 7.22. The number of aromatic nitrogens is 1. The van der Waals surface area contributed by atoms with E-state index in [1.807, 2.05) is 18.2 Å². The number of hydrogen-bond donors (Lipinski definition) is 1. The summed E-state index contributed by atoms with van der Waals surface area (Å²) >= 11 is 1.67. The fraction of sp³-hybridized carbons (Fsp3) is 0.619. The molecule has 2 aliphatic rings. The molecule has 8 heteroatoms. The average Bonchev–Trinajstić information content (AvgIpc) is 3.21. The highest BCUT2D eigenvalue weighted by Gasteiger charge is 2.27. The van der Waals surface area contributed by atoms with E-state index in [2.05, 4.69) is 15.1 Å². The molecule has 1 unspecified atom stereocenters. The molecule has 0 bridgehead atoms. The number of morpholine rings is 1. The van der Waals surface area contributed by atoms with Crippen molar-refractivity contribution in [1.82, 2.24) is 15.2 Å². The zero-order chi connectivity index (χ0) is 20.1. The first-order chi connectivity index (χ1) is 14.2. The summed E-state index contributed by atoms with van der Waals surface area (Å²) in [5.74, 6) is 1.06. The highest BCUT2D eigenvalue weighted by atomic mass is 32.1. The standard InChI is InChI=1S/C21H30N4O3S/c1-27-17-5-6-18-19(14-17)29-21(23-18)25-9-2-4-16(15-25)20(26)22-7-3-8-24-10-12-28-13-11-24/h5-6,14,16H,2-4,7-13,15H2,1H3,(H,22,26). The molecule has 0 aliphatic carbocycles. The van der Waals surface area contributed by atoms with Gasteiger partial charge in [0.15, 0.2) is 5.13 Å². The number of nitrogens with one attached hydrogen (secondary N) is 1. The van der Waals surface area contributed by atoms with Crippen molar-refractivity contribution in [2.75, 3.05) is 64.5 Å². The van der Waals surface area contributed by atoms with Crippen LogP contribution in [0.15, 0.2) is 18.2 Å². The molecule has 0 radical (unpaired) electrons. The van der Waals surface area contributed by atoms with Crippen molar-refractivity contribution in [1.29, 1.82) is 0 Å². The minimum Gasteiger partial charge on any atom is -0.497 e. The van der Waals surface area contributed by atoms with Crippen molar-refractivity contribution in [3.8, 4) is 5.75 Å². The first-order valence-corrected chi connectivity index (χ1v) is 11.3. The van der Waals surface area contributed by atoms with Gasteiger partial charge in [0.05, 0.1) is 36.5 Å². The van der Waals surface area contributed by atoms with Crippen LogP contribution in [-0.4, -0.2) is 75.4 Å². The second kappa shape index (κ2) is 9.73.